The molecule has 0 aromatic heterocycles. The van der Waals surface area contributed by atoms with E-state index in [1.807, 2.05) is 18.7 Å². The first-order chi connectivity index (χ1) is 9.06. The highest BCUT2D eigenvalue weighted by atomic mass is 32.2. The molecule has 4 nitrogen and oxygen atoms in total. The van der Waals surface area contributed by atoms with Crippen molar-refractivity contribution in [3.05, 3.63) is 0 Å². The number of carbonyl (C=O) groups is 1. The minimum atomic E-state index is -0.477. The van der Waals surface area contributed by atoms with Gasteiger partial charge in [-0.2, -0.15) is 11.8 Å². The molecule has 0 spiro atoms. The Bertz CT molecular complexity index is 289. The molecule has 112 valence electrons. The molecule has 1 saturated carbocycles. The highest BCUT2D eigenvalue weighted by molar-refractivity contribution is 7.99. The topological polar surface area (TPSA) is 75.3 Å². The van der Waals surface area contributed by atoms with Crippen molar-refractivity contribution in [3.8, 4) is 0 Å². The number of likely N-dealkylation sites (N-methyl/N-ethyl adjacent to an activating group) is 1. The van der Waals surface area contributed by atoms with E-state index >= 15 is 0 Å². The number of aliphatic hydroxyl groups excluding tert-OH is 1. The molecule has 0 bridgehead atoms. The highest BCUT2D eigenvalue weighted by Gasteiger charge is 2.46. The van der Waals surface area contributed by atoms with E-state index < -0.39 is 5.54 Å². The lowest BCUT2D eigenvalue weighted by Gasteiger charge is -2.33. The number of amides is 1. The molecular formula is C14H28N2O2S. The molecule has 3 unspecified atom stereocenters. The monoisotopic (exact) mass is 288 g/mol. The smallest absolute Gasteiger partial charge is 0.238 e. The van der Waals surface area contributed by atoms with Gasteiger partial charge in [-0.15, -0.1) is 0 Å². The number of primary amides is 1. The quantitative estimate of drug-likeness (QED) is 0.601. The number of hydrogen-bond acceptors (Lipinski definition) is 4. The molecule has 1 amide bonds. The summed E-state index contributed by atoms with van der Waals surface area (Å²) < 4.78 is 0. The first kappa shape index (κ1) is 16.8. The first-order valence-corrected chi connectivity index (χ1v) is 8.39. The van der Waals surface area contributed by atoms with Gasteiger partial charge in [0.2, 0.25) is 5.91 Å². The van der Waals surface area contributed by atoms with Crippen LogP contribution in [0.5, 0.6) is 0 Å². The maximum Gasteiger partial charge on any atom is 0.238 e. The summed E-state index contributed by atoms with van der Waals surface area (Å²) in [7, 11) is 0. The zero-order chi connectivity index (χ0) is 14.3. The first-order valence-electron chi connectivity index (χ1n) is 7.34. The fourth-order valence-electron chi connectivity index (χ4n) is 3.10. The van der Waals surface area contributed by atoms with E-state index in [1.54, 1.807) is 0 Å². The summed E-state index contributed by atoms with van der Waals surface area (Å²) in [5.74, 6) is 1.20. The summed E-state index contributed by atoms with van der Waals surface area (Å²) in [6.45, 7) is 5.20. The number of carbonyl (C=O) groups excluding carboxylic acids is 1. The number of thioether (sulfide) groups is 1. The number of aliphatic hydroxyl groups is 1. The maximum absolute atomic E-state index is 11.8. The minimum Gasteiger partial charge on any atom is -0.396 e. The summed E-state index contributed by atoms with van der Waals surface area (Å²) in [6, 6.07) is 0. The Morgan fingerprint density at radius 2 is 2.37 bits per heavy atom. The lowest BCUT2D eigenvalue weighted by molar-refractivity contribution is -0.125. The van der Waals surface area contributed by atoms with Crippen molar-refractivity contribution in [1.29, 1.82) is 0 Å². The third kappa shape index (κ3) is 4.36. The van der Waals surface area contributed by atoms with Gasteiger partial charge in [0.25, 0.3) is 0 Å². The van der Waals surface area contributed by atoms with E-state index in [4.69, 9.17) is 10.8 Å². The van der Waals surface area contributed by atoms with Gasteiger partial charge in [0.1, 0.15) is 5.54 Å². The molecule has 1 aliphatic rings. The van der Waals surface area contributed by atoms with Crippen LogP contribution in [0, 0.1) is 5.92 Å². The summed E-state index contributed by atoms with van der Waals surface area (Å²) >= 11 is 1.88. The molecule has 1 fully saturated rings. The Morgan fingerprint density at radius 3 is 2.95 bits per heavy atom. The van der Waals surface area contributed by atoms with E-state index in [2.05, 4.69) is 12.2 Å². The van der Waals surface area contributed by atoms with Gasteiger partial charge in [0, 0.05) is 11.9 Å². The molecule has 0 radical (unpaired) electrons. The summed E-state index contributed by atoms with van der Waals surface area (Å²) in [5, 5.41) is 12.7. The lowest BCUT2D eigenvalue weighted by Crippen LogP contribution is -2.57. The van der Waals surface area contributed by atoms with Gasteiger partial charge < -0.3 is 16.2 Å². The molecule has 1 rings (SSSR count). The number of nitrogens with one attached hydrogen (secondary N) is 1. The van der Waals surface area contributed by atoms with E-state index in [9.17, 15) is 4.79 Å². The molecule has 0 heterocycles. The fraction of sp³-hybridized carbons (Fsp3) is 0.929. The van der Waals surface area contributed by atoms with Gasteiger partial charge in [-0.1, -0.05) is 20.3 Å². The minimum absolute atomic E-state index is 0.190. The van der Waals surface area contributed by atoms with Crippen LogP contribution in [0.1, 0.15) is 46.0 Å². The van der Waals surface area contributed by atoms with Crippen LogP contribution < -0.4 is 11.1 Å². The van der Waals surface area contributed by atoms with Crippen molar-refractivity contribution in [1.82, 2.24) is 5.32 Å². The largest absolute Gasteiger partial charge is 0.396 e. The van der Waals surface area contributed by atoms with Crippen LogP contribution in [0.3, 0.4) is 0 Å². The van der Waals surface area contributed by atoms with E-state index in [1.165, 1.54) is 0 Å². The van der Waals surface area contributed by atoms with Gasteiger partial charge in [0.15, 0.2) is 0 Å². The predicted octanol–water partition coefficient (Wildman–Crippen LogP) is 1.51. The second-order valence-electron chi connectivity index (χ2n) is 5.44. The molecule has 0 saturated heterocycles. The second kappa shape index (κ2) is 8.12. The lowest BCUT2D eigenvalue weighted by atomic mass is 9.84. The number of nitrogens with two attached hydrogens (primary N) is 1. The summed E-state index contributed by atoms with van der Waals surface area (Å²) in [5.41, 5.74) is 5.17. The van der Waals surface area contributed by atoms with Gasteiger partial charge in [-0.3, -0.25) is 4.79 Å². The summed E-state index contributed by atoms with van der Waals surface area (Å²) in [6.07, 6.45) is 4.90. The molecule has 4 N–H and O–H groups in total. The fourth-order valence-corrected chi connectivity index (χ4v) is 4.20. The average Bonchev–Trinajstić information content (AvgIpc) is 2.74. The summed E-state index contributed by atoms with van der Waals surface area (Å²) in [4.78, 5) is 11.8. The van der Waals surface area contributed by atoms with Gasteiger partial charge in [-0.05, 0) is 43.9 Å². The van der Waals surface area contributed by atoms with Crippen molar-refractivity contribution < 1.29 is 9.90 Å². The Morgan fingerprint density at radius 1 is 1.63 bits per heavy atom. The maximum atomic E-state index is 11.8. The van der Waals surface area contributed by atoms with E-state index in [0.717, 1.165) is 44.4 Å². The molecular weight excluding hydrogens is 260 g/mol. The molecule has 1 aliphatic carbocycles. The molecule has 0 aliphatic heterocycles. The molecule has 0 aromatic carbocycles. The Labute approximate surface area is 120 Å². The van der Waals surface area contributed by atoms with Crippen LogP contribution in [0.15, 0.2) is 0 Å². The Hall–Kier alpha value is -0.260. The number of hydrogen-bond donors (Lipinski definition) is 3. The zero-order valence-electron chi connectivity index (χ0n) is 12.2. The van der Waals surface area contributed by atoms with Gasteiger partial charge in [0.05, 0.1) is 0 Å². The van der Waals surface area contributed by atoms with Crippen molar-refractivity contribution >= 4 is 17.7 Å². The zero-order valence-corrected chi connectivity index (χ0v) is 13.0. The van der Waals surface area contributed by atoms with Crippen molar-refractivity contribution in [2.24, 2.45) is 11.7 Å². The van der Waals surface area contributed by atoms with Crippen LogP contribution in [0.4, 0.5) is 0 Å². The van der Waals surface area contributed by atoms with Gasteiger partial charge in [-0.25, -0.2) is 0 Å². The Balaban J connectivity index is 2.48. The van der Waals surface area contributed by atoms with Crippen LogP contribution in [-0.4, -0.2) is 40.7 Å². The Kier molecular flexibility index (Phi) is 7.18. The van der Waals surface area contributed by atoms with Crippen molar-refractivity contribution in [2.45, 2.75) is 56.7 Å². The van der Waals surface area contributed by atoms with Crippen LogP contribution in [-0.2, 0) is 4.79 Å². The second-order valence-corrected chi connectivity index (χ2v) is 6.98. The third-order valence-corrected chi connectivity index (χ3v) is 5.43. The molecule has 19 heavy (non-hydrogen) atoms. The van der Waals surface area contributed by atoms with Crippen LogP contribution in [0.25, 0.3) is 0 Å². The van der Waals surface area contributed by atoms with E-state index in [-0.39, 0.29) is 12.5 Å². The third-order valence-electron chi connectivity index (χ3n) is 4.16. The predicted molar refractivity (Wildman–Crippen MR) is 81.2 cm³/mol. The highest BCUT2D eigenvalue weighted by Crippen LogP contribution is 2.38. The van der Waals surface area contributed by atoms with Crippen molar-refractivity contribution in [3.63, 3.8) is 0 Å². The van der Waals surface area contributed by atoms with Crippen LogP contribution in [0.2, 0.25) is 0 Å². The average molecular weight is 288 g/mol. The SMILES string of the molecule is CCNC1(C(N)=O)CCCC1CCSC(C)CCO. The van der Waals surface area contributed by atoms with Gasteiger partial charge >= 0.3 is 0 Å². The number of rotatable bonds is 9. The van der Waals surface area contributed by atoms with E-state index in [0.29, 0.717) is 11.2 Å². The standard InChI is InChI=1S/C14H28N2O2S/c1-3-16-14(13(15)18)8-4-5-12(14)7-10-19-11(2)6-9-17/h11-12,16-17H,3-10H2,1-2H3,(H2,15,18). The van der Waals surface area contributed by atoms with Crippen LogP contribution >= 0.6 is 11.8 Å². The molecule has 5 heteroatoms. The molecule has 3 atom stereocenters. The van der Waals surface area contributed by atoms with Crippen molar-refractivity contribution in [2.75, 3.05) is 18.9 Å². The normalized spacial score (nSPS) is 28.5. The molecule has 0 aromatic rings.